The van der Waals surface area contributed by atoms with E-state index in [0.717, 1.165) is 19.3 Å². The normalized spacial score (nSPS) is 20.6. The van der Waals surface area contributed by atoms with Crippen molar-refractivity contribution >= 4 is 5.91 Å². The number of rotatable bonds is 5. The smallest absolute Gasteiger partial charge is 0.267 e. The quantitative estimate of drug-likeness (QED) is 0.876. The Morgan fingerprint density at radius 3 is 2.75 bits per heavy atom. The molecule has 1 heterocycles. The van der Waals surface area contributed by atoms with Crippen molar-refractivity contribution in [1.29, 1.82) is 0 Å². The number of hydrogen-bond donors (Lipinski definition) is 1. The van der Waals surface area contributed by atoms with E-state index in [1.165, 1.54) is 0 Å². The molecule has 0 spiro atoms. The number of nitrogens with two attached hydrogens (primary N) is 1. The van der Waals surface area contributed by atoms with Gasteiger partial charge < -0.3 is 20.1 Å². The molecule has 1 aromatic carbocycles. The third-order valence-electron chi connectivity index (χ3n) is 3.66. The van der Waals surface area contributed by atoms with Gasteiger partial charge in [0.15, 0.2) is 11.5 Å². The van der Waals surface area contributed by atoms with Crippen LogP contribution in [-0.4, -0.2) is 42.6 Å². The lowest BCUT2D eigenvalue weighted by Gasteiger charge is -2.30. The monoisotopic (exact) mass is 276 g/mol. The summed E-state index contributed by atoms with van der Waals surface area (Å²) < 4.78 is 11.4. The van der Waals surface area contributed by atoms with Gasteiger partial charge in [-0.3, -0.25) is 4.79 Å². The van der Waals surface area contributed by atoms with E-state index < -0.39 is 6.10 Å². The number of carbonyl (C=O) groups excluding carboxylic acids is 1. The van der Waals surface area contributed by atoms with Gasteiger partial charge in [-0.25, -0.2) is 0 Å². The van der Waals surface area contributed by atoms with Crippen molar-refractivity contribution in [1.82, 2.24) is 4.90 Å². The average Bonchev–Trinajstić information content (AvgIpc) is 3.32. The second kappa shape index (κ2) is 5.71. The van der Waals surface area contributed by atoms with Gasteiger partial charge in [0.2, 0.25) is 6.10 Å². The van der Waals surface area contributed by atoms with Crippen LogP contribution in [0.2, 0.25) is 0 Å². The molecule has 1 saturated carbocycles. The zero-order chi connectivity index (χ0) is 13.9. The minimum Gasteiger partial charge on any atom is -0.485 e. The average molecular weight is 276 g/mol. The largest absolute Gasteiger partial charge is 0.485 e. The van der Waals surface area contributed by atoms with Gasteiger partial charge in [0, 0.05) is 12.6 Å². The highest BCUT2D eigenvalue weighted by atomic mass is 16.6. The zero-order valence-corrected chi connectivity index (χ0v) is 11.5. The number of nitrogens with zero attached hydrogens (tertiary/aromatic N) is 1. The minimum absolute atomic E-state index is 0.0236. The van der Waals surface area contributed by atoms with E-state index >= 15 is 0 Å². The van der Waals surface area contributed by atoms with Crippen LogP contribution in [0.1, 0.15) is 19.3 Å². The molecule has 0 radical (unpaired) electrons. The van der Waals surface area contributed by atoms with E-state index in [1.54, 1.807) is 0 Å². The minimum atomic E-state index is -0.539. The van der Waals surface area contributed by atoms with E-state index in [-0.39, 0.29) is 12.5 Å². The van der Waals surface area contributed by atoms with E-state index in [1.807, 2.05) is 29.2 Å². The first-order valence-corrected chi connectivity index (χ1v) is 7.18. The summed E-state index contributed by atoms with van der Waals surface area (Å²) in [6.07, 6.45) is 2.45. The lowest BCUT2D eigenvalue weighted by Crippen LogP contribution is -2.47. The number of fused-ring (bicyclic) bond motifs is 1. The van der Waals surface area contributed by atoms with Gasteiger partial charge in [-0.15, -0.1) is 0 Å². The van der Waals surface area contributed by atoms with Gasteiger partial charge >= 0.3 is 0 Å². The van der Waals surface area contributed by atoms with Gasteiger partial charge in [-0.2, -0.15) is 0 Å². The number of ether oxygens (including phenoxy) is 2. The molecule has 0 saturated heterocycles. The van der Waals surface area contributed by atoms with Crippen LogP contribution in [0.25, 0.3) is 0 Å². The number of hydrogen-bond acceptors (Lipinski definition) is 4. The van der Waals surface area contributed by atoms with E-state index in [9.17, 15) is 4.79 Å². The maximum absolute atomic E-state index is 12.6. The second-order valence-electron chi connectivity index (χ2n) is 5.27. The van der Waals surface area contributed by atoms with Crippen LogP contribution >= 0.6 is 0 Å². The van der Waals surface area contributed by atoms with Crippen molar-refractivity contribution in [2.45, 2.75) is 31.4 Å². The summed E-state index contributed by atoms with van der Waals surface area (Å²) in [5, 5.41) is 0. The van der Waals surface area contributed by atoms with E-state index in [2.05, 4.69) is 0 Å². The van der Waals surface area contributed by atoms with Crippen molar-refractivity contribution in [3.8, 4) is 11.5 Å². The molecule has 20 heavy (non-hydrogen) atoms. The molecule has 1 aliphatic carbocycles. The molecule has 1 atom stereocenters. The van der Waals surface area contributed by atoms with Gasteiger partial charge in [-0.05, 0) is 37.9 Å². The summed E-state index contributed by atoms with van der Waals surface area (Å²) in [4.78, 5) is 14.5. The predicted octanol–water partition coefficient (Wildman–Crippen LogP) is 1.17. The van der Waals surface area contributed by atoms with Crippen LogP contribution in [0.3, 0.4) is 0 Å². The zero-order valence-electron chi connectivity index (χ0n) is 11.5. The summed E-state index contributed by atoms with van der Waals surface area (Å²) in [7, 11) is 0. The highest BCUT2D eigenvalue weighted by Gasteiger charge is 2.38. The van der Waals surface area contributed by atoms with E-state index in [0.29, 0.717) is 30.6 Å². The molecule has 1 unspecified atom stereocenters. The second-order valence-corrected chi connectivity index (χ2v) is 5.27. The molecule has 108 valence electrons. The molecule has 0 bridgehead atoms. The van der Waals surface area contributed by atoms with Crippen molar-refractivity contribution in [3.63, 3.8) is 0 Å². The van der Waals surface area contributed by atoms with Gasteiger partial charge in [0.05, 0.1) is 0 Å². The summed E-state index contributed by atoms with van der Waals surface area (Å²) in [6.45, 7) is 1.59. The first-order valence-electron chi connectivity index (χ1n) is 7.18. The topological polar surface area (TPSA) is 64.8 Å². The number of benzene rings is 1. The van der Waals surface area contributed by atoms with E-state index in [4.69, 9.17) is 15.2 Å². The Balaban J connectivity index is 1.68. The molecule has 2 N–H and O–H groups in total. The van der Waals surface area contributed by atoms with Crippen molar-refractivity contribution in [3.05, 3.63) is 24.3 Å². The lowest BCUT2D eigenvalue weighted by atomic mass is 10.2. The molecule has 0 aromatic heterocycles. The van der Waals surface area contributed by atoms with Crippen LogP contribution in [0.5, 0.6) is 11.5 Å². The first kappa shape index (κ1) is 13.2. The maximum Gasteiger partial charge on any atom is 0.267 e. The molecule has 5 heteroatoms. The third-order valence-corrected chi connectivity index (χ3v) is 3.66. The van der Waals surface area contributed by atoms with Crippen LogP contribution < -0.4 is 15.2 Å². The van der Waals surface area contributed by atoms with Crippen LogP contribution in [0, 0.1) is 0 Å². The molecule has 1 fully saturated rings. The van der Waals surface area contributed by atoms with Crippen molar-refractivity contribution in [2.75, 3.05) is 19.7 Å². The van der Waals surface area contributed by atoms with Crippen molar-refractivity contribution < 1.29 is 14.3 Å². The van der Waals surface area contributed by atoms with Gasteiger partial charge in [0.1, 0.15) is 6.61 Å². The third kappa shape index (κ3) is 2.72. The van der Waals surface area contributed by atoms with Crippen LogP contribution in [-0.2, 0) is 4.79 Å². The Morgan fingerprint density at radius 1 is 1.30 bits per heavy atom. The Bertz CT molecular complexity index is 488. The van der Waals surface area contributed by atoms with Crippen LogP contribution in [0.15, 0.2) is 24.3 Å². The summed E-state index contributed by atoms with van der Waals surface area (Å²) in [6, 6.07) is 7.82. The summed E-state index contributed by atoms with van der Waals surface area (Å²) in [5.74, 6) is 1.37. The fourth-order valence-electron chi connectivity index (χ4n) is 2.45. The molecule has 2 aliphatic rings. The Hall–Kier alpha value is -1.75. The highest BCUT2D eigenvalue weighted by molar-refractivity contribution is 5.82. The SMILES string of the molecule is NCCCN(C(=O)C1COc2ccccc2O1)C1CC1. The molecule has 3 rings (SSSR count). The number of carbonyl (C=O) groups is 1. The van der Waals surface area contributed by atoms with Crippen LogP contribution in [0.4, 0.5) is 0 Å². The standard InChI is InChI=1S/C15H20N2O3/c16-8-3-9-17(11-6-7-11)15(18)14-10-19-12-4-1-2-5-13(12)20-14/h1-2,4-5,11,14H,3,6-10,16H2. The molecular weight excluding hydrogens is 256 g/mol. The fourth-order valence-corrected chi connectivity index (χ4v) is 2.45. The predicted molar refractivity (Wildman–Crippen MR) is 74.8 cm³/mol. The molecule has 5 nitrogen and oxygen atoms in total. The van der Waals surface area contributed by atoms with Gasteiger partial charge in [0.25, 0.3) is 5.91 Å². The van der Waals surface area contributed by atoms with Gasteiger partial charge in [-0.1, -0.05) is 12.1 Å². The number of para-hydroxylation sites is 2. The Kier molecular flexibility index (Phi) is 3.78. The molecule has 1 aromatic rings. The summed E-state index contributed by atoms with van der Waals surface area (Å²) >= 11 is 0. The Morgan fingerprint density at radius 2 is 2.05 bits per heavy atom. The van der Waals surface area contributed by atoms with Crippen molar-refractivity contribution in [2.24, 2.45) is 5.73 Å². The summed E-state index contributed by atoms with van der Waals surface area (Å²) in [5.41, 5.74) is 5.55. The Labute approximate surface area is 118 Å². The number of amides is 1. The fraction of sp³-hybridized carbons (Fsp3) is 0.533. The molecule has 1 aliphatic heterocycles. The highest BCUT2D eigenvalue weighted by Crippen LogP contribution is 2.33. The molecular formula is C15H20N2O3. The molecule has 1 amide bonds. The first-order chi connectivity index (χ1) is 9.79. The maximum atomic E-state index is 12.6. The lowest BCUT2D eigenvalue weighted by molar-refractivity contribution is -0.141.